The first-order valence-corrected chi connectivity index (χ1v) is 8.66. The molecule has 4 nitrogen and oxygen atoms in total. The number of anilines is 2. The quantitative estimate of drug-likeness (QED) is 0.372. The molecule has 2 rings (SSSR count). The first-order chi connectivity index (χ1) is 11.6. The molecular weight excluding hydrogens is 381 g/mol. The number of benzene rings is 2. The van der Waals surface area contributed by atoms with E-state index in [9.17, 15) is 4.79 Å². The average molecular weight is 399 g/mol. The van der Waals surface area contributed by atoms with Gasteiger partial charge in [-0.25, -0.2) is 0 Å². The standard InChI is InChI=1S/C18H18Cl3N3O/c1-18(2,3)16(25)17(22-15-9-12(20)8-13(21)10-15)24-23-14-6-4-11(19)5-7-14/h4-10,23H,1-3H3,(H,22,24). The Labute approximate surface area is 162 Å². The van der Waals surface area contributed by atoms with Crippen LogP contribution in [0.1, 0.15) is 20.8 Å². The highest BCUT2D eigenvalue weighted by atomic mass is 35.5. The van der Waals surface area contributed by atoms with Crippen LogP contribution in [-0.4, -0.2) is 11.6 Å². The number of hydrazone groups is 1. The molecule has 0 aliphatic carbocycles. The molecule has 2 aromatic rings. The number of hydrogen-bond acceptors (Lipinski definition) is 3. The van der Waals surface area contributed by atoms with Crippen molar-refractivity contribution in [1.82, 2.24) is 0 Å². The molecular formula is C18H18Cl3N3O. The fraction of sp³-hybridized carbons (Fsp3) is 0.222. The van der Waals surface area contributed by atoms with E-state index in [1.165, 1.54) is 0 Å². The zero-order valence-electron chi connectivity index (χ0n) is 14.0. The molecule has 0 unspecified atom stereocenters. The second kappa shape index (κ2) is 8.09. The normalized spacial score (nSPS) is 12.0. The number of halogens is 3. The number of carbonyl (C=O) groups is 1. The highest BCUT2D eigenvalue weighted by Gasteiger charge is 2.27. The smallest absolute Gasteiger partial charge is 0.205 e. The molecule has 7 heteroatoms. The Hall–Kier alpha value is -1.75. The van der Waals surface area contributed by atoms with E-state index >= 15 is 0 Å². The Morgan fingerprint density at radius 1 is 0.880 bits per heavy atom. The summed E-state index contributed by atoms with van der Waals surface area (Å²) < 4.78 is 0. The van der Waals surface area contributed by atoms with E-state index in [1.54, 1.807) is 42.5 Å². The lowest BCUT2D eigenvalue weighted by Crippen LogP contribution is -2.34. The van der Waals surface area contributed by atoms with Crippen molar-refractivity contribution in [2.24, 2.45) is 10.5 Å². The van der Waals surface area contributed by atoms with Crippen molar-refractivity contribution in [2.75, 3.05) is 10.7 Å². The minimum Gasteiger partial charge on any atom is -0.336 e. The zero-order chi connectivity index (χ0) is 18.6. The number of Topliss-reactive ketones (excluding diaryl/α,β-unsaturated/α-hetero) is 1. The fourth-order valence-corrected chi connectivity index (χ4v) is 2.55. The van der Waals surface area contributed by atoms with Gasteiger partial charge in [0.25, 0.3) is 0 Å². The van der Waals surface area contributed by atoms with Gasteiger partial charge in [0.2, 0.25) is 5.78 Å². The lowest BCUT2D eigenvalue weighted by atomic mass is 9.90. The molecule has 2 N–H and O–H groups in total. The molecule has 0 aliphatic rings. The molecule has 0 fully saturated rings. The number of carbonyl (C=O) groups excluding carboxylic acids is 1. The molecule has 0 saturated heterocycles. The van der Waals surface area contributed by atoms with Gasteiger partial charge in [0.15, 0.2) is 5.84 Å². The van der Waals surface area contributed by atoms with E-state index < -0.39 is 5.41 Å². The topological polar surface area (TPSA) is 53.5 Å². The van der Waals surface area contributed by atoms with Gasteiger partial charge in [-0.1, -0.05) is 55.6 Å². The van der Waals surface area contributed by atoms with Crippen molar-refractivity contribution < 1.29 is 4.79 Å². The van der Waals surface area contributed by atoms with Crippen molar-refractivity contribution in [1.29, 1.82) is 0 Å². The van der Waals surface area contributed by atoms with E-state index in [1.807, 2.05) is 20.8 Å². The van der Waals surface area contributed by atoms with Gasteiger partial charge in [-0.15, -0.1) is 0 Å². The summed E-state index contributed by atoms with van der Waals surface area (Å²) in [4.78, 5) is 12.7. The predicted molar refractivity (Wildman–Crippen MR) is 107 cm³/mol. The van der Waals surface area contributed by atoms with Crippen LogP contribution in [0.15, 0.2) is 47.6 Å². The predicted octanol–water partition coefficient (Wildman–Crippen LogP) is 6.10. The van der Waals surface area contributed by atoms with Crippen LogP contribution in [0.5, 0.6) is 0 Å². The molecule has 0 heterocycles. The maximum atomic E-state index is 12.7. The largest absolute Gasteiger partial charge is 0.336 e. The van der Waals surface area contributed by atoms with Gasteiger partial charge in [-0.2, -0.15) is 5.10 Å². The Kier molecular flexibility index (Phi) is 6.33. The summed E-state index contributed by atoms with van der Waals surface area (Å²) in [7, 11) is 0. The van der Waals surface area contributed by atoms with Crippen molar-refractivity contribution in [3.63, 3.8) is 0 Å². The Bertz CT molecular complexity index is 776. The Morgan fingerprint density at radius 3 is 1.96 bits per heavy atom. The Morgan fingerprint density at radius 2 is 1.44 bits per heavy atom. The highest BCUT2D eigenvalue weighted by Crippen LogP contribution is 2.24. The van der Waals surface area contributed by atoms with Crippen LogP contribution in [0, 0.1) is 5.41 Å². The van der Waals surface area contributed by atoms with Gasteiger partial charge in [-0.3, -0.25) is 10.2 Å². The van der Waals surface area contributed by atoms with E-state index in [-0.39, 0.29) is 11.6 Å². The van der Waals surface area contributed by atoms with Crippen molar-refractivity contribution in [3.05, 3.63) is 57.5 Å². The van der Waals surface area contributed by atoms with Crippen LogP contribution in [0.25, 0.3) is 0 Å². The van der Waals surface area contributed by atoms with E-state index in [0.717, 1.165) is 0 Å². The monoisotopic (exact) mass is 397 g/mol. The number of hydrogen-bond donors (Lipinski definition) is 2. The minimum absolute atomic E-state index is 0.154. The van der Waals surface area contributed by atoms with Gasteiger partial charge in [0.05, 0.1) is 5.69 Å². The number of ketones is 1. The maximum Gasteiger partial charge on any atom is 0.205 e. The van der Waals surface area contributed by atoms with Crippen molar-refractivity contribution >= 4 is 57.8 Å². The van der Waals surface area contributed by atoms with Gasteiger partial charge in [-0.05, 0) is 42.5 Å². The first-order valence-electron chi connectivity index (χ1n) is 7.52. The summed E-state index contributed by atoms with van der Waals surface area (Å²) in [5, 5.41) is 8.75. The molecule has 0 saturated carbocycles. The molecule has 0 bridgehead atoms. The lowest BCUT2D eigenvalue weighted by molar-refractivity contribution is -0.119. The molecule has 0 radical (unpaired) electrons. The van der Waals surface area contributed by atoms with Crippen LogP contribution in [0.3, 0.4) is 0 Å². The summed E-state index contributed by atoms with van der Waals surface area (Å²) in [6.07, 6.45) is 0. The summed E-state index contributed by atoms with van der Waals surface area (Å²) in [5.74, 6) is -0.00848. The van der Waals surface area contributed by atoms with Crippen molar-refractivity contribution in [2.45, 2.75) is 20.8 Å². The van der Waals surface area contributed by atoms with Gasteiger partial charge >= 0.3 is 0 Å². The summed E-state index contributed by atoms with van der Waals surface area (Å²) >= 11 is 17.9. The van der Waals surface area contributed by atoms with Crippen LogP contribution in [0.2, 0.25) is 15.1 Å². The van der Waals surface area contributed by atoms with Crippen LogP contribution < -0.4 is 10.7 Å². The third-order valence-corrected chi connectivity index (χ3v) is 3.85. The molecule has 0 aromatic heterocycles. The van der Waals surface area contributed by atoms with E-state index in [4.69, 9.17) is 34.8 Å². The summed E-state index contributed by atoms with van der Waals surface area (Å²) in [5.41, 5.74) is 3.52. The number of amidine groups is 1. The average Bonchev–Trinajstić information content (AvgIpc) is 2.50. The van der Waals surface area contributed by atoms with Gasteiger partial charge < -0.3 is 5.32 Å². The molecule has 132 valence electrons. The lowest BCUT2D eigenvalue weighted by Gasteiger charge is -2.19. The molecule has 0 aliphatic heterocycles. The molecule has 2 aromatic carbocycles. The van der Waals surface area contributed by atoms with E-state index in [0.29, 0.717) is 26.4 Å². The fourth-order valence-electron chi connectivity index (χ4n) is 1.90. The minimum atomic E-state index is -0.615. The van der Waals surface area contributed by atoms with Crippen LogP contribution >= 0.6 is 34.8 Å². The van der Waals surface area contributed by atoms with Gasteiger partial charge in [0, 0.05) is 26.2 Å². The summed E-state index contributed by atoms with van der Waals surface area (Å²) in [6.45, 7) is 5.46. The Balaban J connectivity index is 2.30. The molecule has 0 amide bonds. The number of nitrogens with zero attached hydrogens (tertiary/aromatic N) is 1. The maximum absolute atomic E-state index is 12.7. The number of rotatable bonds is 4. The summed E-state index contributed by atoms with van der Waals surface area (Å²) in [6, 6.07) is 11.9. The second-order valence-corrected chi connectivity index (χ2v) is 7.75. The van der Waals surface area contributed by atoms with E-state index in [2.05, 4.69) is 15.8 Å². The molecule has 0 spiro atoms. The zero-order valence-corrected chi connectivity index (χ0v) is 16.3. The third-order valence-electron chi connectivity index (χ3n) is 3.16. The second-order valence-electron chi connectivity index (χ2n) is 6.44. The SMILES string of the molecule is CC(C)(C)C(=O)/C(=N/Nc1ccc(Cl)cc1)Nc1cc(Cl)cc(Cl)c1. The molecule has 25 heavy (non-hydrogen) atoms. The molecule has 0 atom stereocenters. The third kappa shape index (κ3) is 5.92. The first kappa shape index (κ1) is 19.6. The highest BCUT2D eigenvalue weighted by molar-refractivity contribution is 6.45. The van der Waals surface area contributed by atoms with Crippen molar-refractivity contribution in [3.8, 4) is 0 Å². The van der Waals surface area contributed by atoms with Crippen LogP contribution in [-0.2, 0) is 4.79 Å². The van der Waals surface area contributed by atoms with Gasteiger partial charge in [0.1, 0.15) is 0 Å². The van der Waals surface area contributed by atoms with Crippen LogP contribution in [0.4, 0.5) is 11.4 Å². The number of nitrogens with one attached hydrogen (secondary N) is 2.